The van der Waals surface area contributed by atoms with Crippen LogP contribution in [0.1, 0.15) is 6.92 Å². The van der Waals surface area contributed by atoms with Gasteiger partial charge in [0.25, 0.3) is 0 Å². The van der Waals surface area contributed by atoms with E-state index in [1.54, 1.807) is 22.8 Å². The first-order chi connectivity index (χ1) is 11.0. The first-order valence-electron chi connectivity index (χ1n) is 7.28. The van der Waals surface area contributed by atoms with E-state index < -0.39 is 0 Å². The third-order valence-electron chi connectivity index (χ3n) is 3.31. The third-order valence-corrected chi connectivity index (χ3v) is 4.55. The number of likely N-dealkylation sites (N-methyl/N-ethyl adjacent to an activating group) is 1. The topological polar surface area (TPSA) is 55.1 Å². The molecule has 0 saturated carbocycles. The molecule has 0 bridgehead atoms. The molecule has 0 radical (unpaired) electrons. The van der Waals surface area contributed by atoms with Gasteiger partial charge in [0.15, 0.2) is 4.77 Å². The number of carbonyl (C=O) groups is 1. The molecule has 1 aromatic carbocycles. The highest BCUT2D eigenvalue weighted by Crippen LogP contribution is 2.24. The molecule has 0 unspecified atom stereocenters. The summed E-state index contributed by atoms with van der Waals surface area (Å²) in [5, 5.41) is 7.19. The van der Waals surface area contributed by atoms with Gasteiger partial charge < -0.3 is 9.88 Å². The number of rotatable bonds is 7. The quantitative estimate of drug-likeness (QED) is 0.614. The Morgan fingerprint density at radius 1 is 1.43 bits per heavy atom. The molecule has 0 aliphatic heterocycles. The minimum absolute atomic E-state index is 0.0598. The van der Waals surface area contributed by atoms with Gasteiger partial charge >= 0.3 is 0 Å². The highest BCUT2D eigenvalue weighted by atomic mass is 32.2. The number of hydrogen-bond donors (Lipinski definition) is 1. The minimum atomic E-state index is -0.0598. The van der Waals surface area contributed by atoms with Crippen molar-refractivity contribution in [3.63, 3.8) is 0 Å². The summed E-state index contributed by atoms with van der Waals surface area (Å²) in [5.74, 6) is -0.0598. The van der Waals surface area contributed by atoms with Crippen molar-refractivity contribution in [3.05, 3.63) is 35.4 Å². The number of amides is 1. The molecule has 8 heteroatoms. The molecule has 1 amide bonds. The van der Waals surface area contributed by atoms with Gasteiger partial charge in [-0.3, -0.25) is 9.69 Å². The fourth-order valence-corrected chi connectivity index (χ4v) is 2.98. The number of aromatic nitrogens is 3. The van der Waals surface area contributed by atoms with Crippen molar-refractivity contribution in [1.82, 2.24) is 19.2 Å². The van der Waals surface area contributed by atoms with Crippen LogP contribution in [-0.4, -0.2) is 45.0 Å². The van der Waals surface area contributed by atoms with E-state index in [1.165, 1.54) is 0 Å². The molecule has 0 fully saturated rings. The van der Waals surface area contributed by atoms with E-state index in [9.17, 15) is 4.79 Å². The second kappa shape index (κ2) is 8.28. The van der Waals surface area contributed by atoms with E-state index in [0.717, 1.165) is 17.1 Å². The largest absolute Gasteiger partial charge is 0.324 e. The van der Waals surface area contributed by atoms with Crippen molar-refractivity contribution >= 4 is 35.6 Å². The number of carbonyl (C=O) groups excluding carboxylic acids is 1. The second-order valence-electron chi connectivity index (χ2n) is 5.10. The molecule has 1 aromatic heterocycles. The van der Waals surface area contributed by atoms with Crippen LogP contribution in [0.3, 0.4) is 0 Å². The maximum atomic E-state index is 12.2. The predicted molar refractivity (Wildman–Crippen MR) is 96.2 cm³/mol. The number of anilines is 1. The molecule has 2 aromatic rings. The Bertz CT molecular complexity index is 725. The molecule has 6 nitrogen and oxygen atoms in total. The molecule has 23 heavy (non-hydrogen) atoms. The molecule has 0 atom stereocenters. The molecule has 0 spiro atoms. The van der Waals surface area contributed by atoms with Crippen molar-refractivity contribution in [1.29, 1.82) is 0 Å². The number of nitrogens with zero attached hydrogens (tertiary/aromatic N) is 4. The fraction of sp³-hybridized carbons (Fsp3) is 0.400. The first kappa shape index (κ1) is 17.7. The summed E-state index contributed by atoms with van der Waals surface area (Å²) in [4.78, 5) is 15.1. The summed E-state index contributed by atoms with van der Waals surface area (Å²) in [7, 11) is 1.87. The molecule has 1 N–H and O–H groups in total. The summed E-state index contributed by atoms with van der Waals surface area (Å²) < 4.78 is 4.26. The van der Waals surface area contributed by atoms with E-state index in [0.29, 0.717) is 11.4 Å². The molecule has 2 rings (SSSR count). The summed E-state index contributed by atoms with van der Waals surface area (Å²) in [6.45, 7) is 3.55. The zero-order valence-electron chi connectivity index (χ0n) is 13.5. The maximum absolute atomic E-state index is 12.2. The van der Waals surface area contributed by atoms with Gasteiger partial charge in [-0.1, -0.05) is 12.1 Å². The Hall–Kier alpha value is -1.64. The highest BCUT2D eigenvalue weighted by molar-refractivity contribution is 7.98. The molecule has 1 heterocycles. The van der Waals surface area contributed by atoms with Gasteiger partial charge in [-0.15, -0.1) is 11.8 Å². The summed E-state index contributed by atoms with van der Waals surface area (Å²) in [6, 6.07) is 7.76. The lowest BCUT2D eigenvalue weighted by Gasteiger charge is -2.16. The number of nitrogens with one attached hydrogen (secondary N) is 1. The van der Waals surface area contributed by atoms with E-state index >= 15 is 0 Å². The Morgan fingerprint density at radius 2 is 2.17 bits per heavy atom. The van der Waals surface area contributed by atoms with Crippen LogP contribution in [0.25, 0.3) is 0 Å². The van der Waals surface area contributed by atoms with Crippen molar-refractivity contribution in [2.24, 2.45) is 0 Å². The monoisotopic (exact) mass is 351 g/mol. The number of para-hydroxylation sites is 1. The third kappa shape index (κ3) is 4.66. The number of thioether (sulfide) groups is 1. The van der Waals surface area contributed by atoms with Crippen LogP contribution < -0.4 is 5.32 Å². The van der Waals surface area contributed by atoms with Gasteiger partial charge in [-0.05, 0) is 44.6 Å². The first-order valence-corrected chi connectivity index (χ1v) is 8.92. The number of aryl methyl sites for hydroxylation is 1. The van der Waals surface area contributed by atoms with Crippen LogP contribution in [0, 0.1) is 4.77 Å². The van der Waals surface area contributed by atoms with Crippen molar-refractivity contribution < 1.29 is 4.79 Å². The normalized spacial score (nSPS) is 11.0. The number of hydrogen-bond acceptors (Lipinski definition) is 5. The average Bonchev–Trinajstić information content (AvgIpc) is 2.87. The van der Waals surface area contributed by atoms with Crippen LogP contribution >= 0.6 is 24.0 Å². The minimum Gasteiger partial charge on any atom is -0.324 e. The number of benzene rings is 1. The predicted octanol–water partition coefficient (Wildman–Crippen LogP) is 2.68. The average molecular weight is 352 g/mol. The van der Waals surface area contributed by atoms with E-state index in [1.807, 2.05) is 54.0 Å². The van der Waals surface area contributed by atoms with Crippen LogP contribution in [-0.2, 0) is 18.0 Å². The highest BCUT2D eigenvalue weighted by Gasteiger charge is 2.10. The summed E-state index contributed by atoms with van der Waals surface area (Å²) in [5.41, 5.74) is 0.838. The van der Waals surface area contributed by atoms with Gasteiger partial charge in [-0.2, -0.15) is 5.10 Å². The summed E-state index contributed by atoms with van der Waals surface area (Å²) >= 11 is 6.93. The van der Waals surface area contributed by atoms with E-state index in [2.05, 4.69) is 10.4 Å². The Labute approximate surface area is 145 Å². The molecular weight excluding hydrogens is 330 g/mol. The van der Waals surface area contributed by atoms with Gasteiger partial charge in [-0.25, -0.2) is 4.68 Å². The van der Waals surface area contributed by atoms with Crippen molar-refractivity contribution in [2.75, 3.05) is 25.2 Å². The molecule has 0 aliphatic rings. The fourth-order valence-electron chi connectivity index (χ4n) is 2.15. The Kier molecular flexibility index (Phi) is 6.37. The zero-order chi connectivity index (χ0) is 16.8. The molecule has 0 aliphatic carbocycles. The van der Waals surface area contributed by atoms with Crippen LogP contribution in [0.4, 0.5) is 5.69 Å². The lowest BCUT2D eigenvalue weighted by Crippen LogP contribution is -2.32. The maximum Gasteiger partial charge on any atom is 0.238 e. The van der Waals surface area contributed by atoms with Crippen LogP contribution in [0.15, 0.2) is 35.5 Å². The summed E-state index contributed by atoms with van der Waals surface area (Å²) in [6.07, 6.45) is 3.70. The van der Waals surface area contributed by atoms with Crippen molar-refractivity contribution in [2.45, 2.75) is 25.0 Å². The van der Waals surface area contributed by atoms with Gasteiger partial charge in [0.05, 0.1) is 18.9 Å². The van der Waals surface area contributed by atoms with E-state index in [-0.39, 0.29) is 12.5 Å². The van der Waals surface area contributed by atoms with Gasteiger partial charge in [0, 0.05) is 11.4 Å². The zero-order valence-corrected chi connectivity index (χ0v) is 15.2. The SMILES string of the molecule is CCn1cnn(CN(C)CC(=O)Nc2ccccc2SC)c1=S. The standard InChI is InChI=1S/C15H21N5OS2/c1-4-19-10-16-20(15(19)22)11-18(2)9-14(21)17-12-7-5-6-8-13(12)23-3/h5-8,10H,4,9,11H2,1-3H3,(H,17,21). The van der Waals surface area contributed by atoms with Crippen LogP contribution in [0.2, 0.25) is 0 Å². The lowest BCUT2D eigenvalue weighted by atomic mass is 10.3. The molecule has 124 valence electrons. The smallest absolute Gasteiger partial charge is 0.238 e. The van der Waals surface area contributed by atoms with Crippen LogP contribution in [0.5, 0.6) is 0 Å². The van der Waals surface area contributed by atoms with Gasteiger partial charge in [0.1, 0.15) is 6.33 Å². The molecular formula is C15H21N5OS2. The Balaban J connectivity index is 1.94. The van der Waals surface area contributed by atoms with Gasteiger partial charge in [0.2, 0.25) is 5.91 Å². The van der Waals surface area contributed by atoms with Crippen molar-refractivity contribution in [3.8, 4) is 0 Å². The molecule has 0 saturated heterocycles. The lowest BCUT2D eigenvalue weighted by molar-refractivity contribution is -0.117. The van der Waals surface area contributed by atoms with E-state index in [4.69, 9.17) is 12.2 Å². The second-order valence-corrected chi connectivity index (χ2v) is 6.32. The Morgan fingerprint density at radius 3 is 2.83 bits per heavy atom.